The normalized spacial score (nSPS) is 11.3. The van der Waals surface area contributed by atoms with Crippen molar-refractivity contribution in [3.05, 3.63) is 77.7 Å². The summed E-state index contributed by atoms with van der Waals surface area (Å²) in [6.07, 6.45) is 6.36. The van der Waals surface area contributed by atoms with E-state index >= 15 is 0 Å². The zero-order chi connectivity index (χ0) is 20.9. The van der Waals surface area contributed by atoms with Gasteiger partial charge in [-0.2, -0.15) is 0 Å². The van der Waals surface area contributed by atoms with Crippen molar-refractivity contribution in [2.45, 2.75) is 59.3 Å². The van der Waals surface area contributed by atoms with Crippen LogP contribution in [0.1, 0.15) is 57.1 Å². The second-order valence-electron chi connectivity index (χ2n) is 8.09. The highest BCUT2D eigenvalue weighted by atomic mass is 14.8. The van der Waals surface area contributed by atoms with Crippen LogP contribution in [-0.4, -0.2) is 9.97 Å². The van der Waals surface area contributed by atoms with E-state index in [9.17, 15) is 0 Å². The molecule has 0 aliphatic heterocycles. The molecule has 30 heavy (non-hydrogen) atoms. The van der Waals surface area contributed by atoms with Crippen molar-refractivity contribution in [1.82, 2.24) is 9.97 Å². The molecule has 0 saturated carbocycles. The van der Waals surface area contributed by atoms with Crippen molar-refractivity contribution in [3.63, 3.8) is 0 Å². The lowest BCUT2D eigenvalue weighted by molar-refractivity contribution is 0.842. The van der Waals surface area contributed by atoms with Crippen molar-refractivity contribution < 1.29 is 0 Å². The van der Waals surface area contributed by atoms with E-state index in [0.29, 0.717) is 0 Å². The van der Waals surface area contributed by atoms with Crippen molar-refractivity contribution in [2.75, 3.05) is 0 Å². The Labute approximate surface area is 180 Å². The molecule has 1 N–H and O–H groups in total. The molecule has 0 amide bonds. The quantitative estimate of drug-likeness (QED) is 0.324. The minimum Gasteiger partial charge on any atom is -0.357 e. The molecule has 2 aromatic carbocycles. The van der Waals surface area contributed by atoms with E-state index in [2.05, 4.69) is 86.4 Å². The molecule has 0 bridgehead atoms. The fourth-order valence-corrected chi connectivity index (χ4v) is 4.56. The highest BCUT2D eigenvalue weighted by Gasteiger charge is 2.22. The maximum Gasteiger partial charge on any atom is 0.0579 e. The Kier molecular flexibility index (Phi) is 6.32. The minimum absolute atomic E-state index is 1.000. The SMILES string of the molecule is CCCc1nc(CCC)c2c(-c3ccccc3)c(CCC)[nH]c2c1-c1ccccc1. The number of rotatable bonds is 8. The highest BCUT2D eigenvalue weighted by molar-refractivity contribution is 6.06. The predicted octanol–water partition coefficient (Wildman–Crippen LogP) is 7.75. The topological polar surface area (TPSA) is 28.7 Å². The summed E-state index contributed by atoms with van der Waals surface area (Å²) in [5.41, 5.74) is 10.3. The van der Waals surface area contributed by atoms with Gasteiger partial charge in [-0.25, -0.2) is 0 Å². The Bertz CT molecular complexity index is 1110. The smallest absolute Gasteiger partial charge is 0.0579 e. The molecule has 0 fully saturated rings. The Morgan fingerprint density at radius 1 is 0.633 bits per heavy atom. The predicted molar refractivity (Wildman–Crippen MR) is 129 cm³/mol. The third kappa shape index (κ3) is 3.79. The molecule has 154 valence electrons. The monoisotopic (exact) mass is 396 g/mol. The number of H-pyrrole nitrogens is 1. The molecule has 0 atom stereocenters. The third-order valence-corrected chi connectivity index (χ3v) is 5.77. The first-order valence-corrected chi connectivity index (χ1v) is 11.5. The molecular weight excluding hydrogens is 364 g/mol. The zero-order valence-corrected chi connectivity index (χ0v) is 18.5. The van der Waals surface area contributed by atoms with E-state index in [-0.39, 0.29) is 0 Å². The molecule has 0 aliphatic carbocycles. The maximum absolute atomic E-state index is 5.30. The van der Waals surface area contributed by atoms with E-state index in [4.69, 9.17) is 4.98 Å². The van der Waals surface area contributed by atoms with Gasteiger partial charge >= 0.3 is 0 Å². The summed E-state index contributed by atoms with van der Waals surface area (Å²) < 4.78 is 0. The largest absolute Gasteiger partial charge is 0.357 e. The number of pyridine rings is 1. The van der Waals surface area contributed by atoms with Crippen LogP contribution >= 0.6 is 0 Å². The van der Waals surface area contributed by atoms with Crippen LogP contribution in [0, 0.1) is 0 Å². The molecule has 4 rings (SSSR count). The lowest BCUT2D eigenvalue weighted by atomic mass is 9.93. The summed E-state index contributed by atoms with van der Waals surface area (Å²) in [5, 5.41) is 1.32. The molecule has 2 heterocycles. The van der Waals surface area contributed by atoms with Gasteiger partial charge in [0.05, 0.1) is 16.9 Å². The summed E-state index contributed by atoms with van der Waals surface area (Å²) in [6, 6.07) is 21.6. The van der Waals surface area contributed by atoms with Gasteiger partial charge in [0.25, 0.3) is 0 Å². The molecule has 0 saturated heterocycles. The van der Waals surface area contributed by atoms with E-state index in [0.717, 1.165) is 38.5 Å². The van der Waals surface area contributed by atoms with Gasteiger partial charge in [0.1, 0.15) is 0 Å². The fourth-order valence-electron chi connectivity index (χ4n) is 4.56. The number of aryl methyl sites for hydroxylation is 3. The lowest BCUT2D eigenvalue weighted by Gasteiger charge is -2.14. The van der Waals surface area contributed by atoms with Crippen LogP contribution in [0.4, 0.5) is 0 Å². The second-order valence-corrected chi connectivity index (χ2v) is 8.09. The summed E-state index contributed by atoms with van der Waals surface area (Å²) in [4.78, 5) is 9.18. The number of hydrogen-bond acceptors (Lipinski definition) is 1. The molecule has 2 heteroatoms. The number of benzene rings is 2. The molecule has 0 spiro atoms. The molecular formula is C28H32N2. The number of nitrogens with zero attached hydrogens (tertiary/aromatic N) is 1. The van der Waals surface area contributed by atoms with Crippen LogP contribution in [0.15, 0.2) is 60.7 Å². The Morgan fingerprint density at radius 3 is 1.73 bits per heavy atom. The molecule has 2 aromatic heterocycles. The van der Waals surface area contributed by atoms with Crippen LogP contribution in [0.5, 0.6) is 0 Å². The van der Waals surface area contributed by atoms with Gasteiger partial charge in [-0.05, 0) is 30.4 Å². The van der Waals surface area contributed by atoms with Gasteiger partial charge in [0.2, 0.25) is 0 Å². The standard InChI is InChI=1S/C28H32N2/c1-4-13-22-25(20-16-9-7-10-17-20)27-24(15-6-3)29-23(14-5-2)26(28(27)30-22)21-18-11-8-12-19-21/h7-12,16-19,30H,4-6,13-15H2,1-3H3. The first-order valence-electron chi connectivity index (χ1n) is 11.5. The third-order valence-electron chi connectivity index (χ3n) is 5.77. The Balaban J connectivity index is 2.13. The number of aromatic nitrogens is 2. The van der Waals surface area contributed by atoms with Crippen molar-refractivity contribution >= 4 is 10.9 Å². The molecule has 0 radical (unpaired) electrons. The van der Waals surface area contributed by atoms with Gasteiger partial charge in [-0.15, -0.1) is 0 Å². The molecule has 2 nitrogen and oxygen atoms in total. The summed E-state index contributed by atoms with van der Waals surface area (Å²) >= 11 is 0. The van der Waals surface area contributed by atoms with Crippen molar-refractivity contribution in [3.8, 4) is 22.3 Å². The Hall–Kier alpha value is -2.87. The van der Waals surface area contributed by atoms with E-state index in [1.807, 2.05) is 0 Å². The minimum atomic E-state index is 1.000. The van der Waals surface area contributed by atoms with Gasteiger partial charge in [0.15, 0.2) is 0 Å². The van der Waals surface area contributed by atoms with Gasteiger partial charge in [0, 0.05) is 22.2 Å². The molecule has 0 unspecified atom stereocenters. The summed E-state index contributed by atoms with van der Waals surface area (Å²) in [5.74, 6) is 0. The number of hydrogen-bond donors (Lipinski definition) is 1. The zero-order valence-electron chi connectivity index (χ0n) is 18.5. The van der Waals surface area contributed by atoms with Crippen LogP contribution in [0.2, 0.25) is 0 Å². The average molecular weight is 397 g/mol. The maximum atomic E-state index is 5.30. The second kappa shape index (κ2) is 9.30. The number of fused-ring (bicyclic) bond motifs is 1. The fraction of sp³-hybridized carbons (Fsp3) is 0.321. The van der Waals surface area contributed by atoms with Gasteiger partial charge < -0.3 is 4.98 Å². The Morgan fingerprint density at radius 2 is 1.17 bits per heavy atom. The first-order chi connectivity index (χ1) is 14.8. The van der Waals surface area contributed by atoms with Crippen molar-refractivity contribution in [1.29, 1.82) is 0 Å². The summed E-state index contributed by atoms with van der Waals surface area (Å²) in [6.45, 7) is 6.75. The molecule has 0 aliphatic rings. The first kappa shape index (κ1) is 20.4. The van der Waals surface area contributed by atoms with Gasteiger partial charge in [-0.1, -0.05) is 101 Å². The van der Waals surface area contributed by atoms with Crippen LogP contribution < -0.4 is 0 Å². The van der Waals surface area contributed by atoms with E-state index in [1.165, 1.54) is 50.2 Å². The number of aromatic amines is 1. The summed E-state index contributed by atoms with van der Waals surface area (Å²) in [7, 11) is 0. The van der Waals surface area contributed by atoms with E-state index < -0.39 is 0 Å². The average Bonchev–Trinajstić information content (AvgIpc) is 3.15. The van der Waals surface area contributed by atoms with Crippen LogP contribution in [0.3, 0.4) is 0 Å². The van der Waals surface area contributed by atoms with E-state index in [1.54, 1.807) is 0 Å². The van der Waals surface area contributed by atoms with Gasteiger partial charge in [-0.3, -0.25) is 4.98 Å². The van der Waals surface area contributed by atoms with Crippen molar-refractivity contribution in [2.24, 2.45) is 0 Å². The lowest BCUT2D eigenvalue weighted by Crippen LogP contribution is -2.01. The number of nitrogens with one attached hydrogen (secondary N) is 1. The molecule has 4 aromatic rings. The highest BCUT2D eigenvalue weighted by Crippen LogP contribution is 2.41. The van der Waals surface area contributed by atoms with Crippen LogP contribution in [0.25, 0.3) is 33.2 Å². The van der Waals surface area contributed by atoms with Crippen LogP contribution in [-0.2, 0) is 19.3 Å².